The molecule has 0 aromatic heterocycles. The lowest BCUT2D eigenvalue weighted by atomic mass is 9.96. The van der Waals surface area contributed by atoms with Gasteiger partial charge in [0.1, 0.15) is 0 Å². The maximum Gasteiger partial charge on any atom is 0.305 e. The number of ether oxygens (including phenoxy) is 1. The van der Waals surface area contributed by atoms with Crippen LogP contribution in [0.5, 0.6) is 0 Å². The molecule has 0 saturated heterocycles. The molecule has 21 heavy (non-hydrogen) atoms. The molecule has 1 aliphatic rings. The lowest BCUT2D eigenvalue weighted by Crippen LogP contribution is -2.23. The summed E-state index contributed by atoms with van der Waals surface area (Å²) in [5.74, 6) is -0.276. The van der Waals surface area contributed by atoms with Crippen LogP contribution >= 0.6 is 0 Å². The van der Waals surface area contributed by atoms with E-state index >= 15 is 0 Å². The average Bonchev–Trinajstić information content (AvgIpc) is 2.67. The lowest BCUT2D eigenvalue weighted by Gasteiger charge is -2.14. The van der Waals surface area contributed by atoms with E-state index in [-0.39, 0.29) is 24.3 Å². The van der Waals surface area contributed by atoms with Crippen molar-refractivity contribution in [2.24, 2.45) is 5.73 Å². The molecule has 0 bridgehead atoms. The molecule has 0 fully saturated rings. The number of nitrogens with two attached hydrogens (primary N) is 1. The van der Waals surface area contributed by atoms with Gasteiger partial charge in [-0.3, -0.25) is 9.59 Å². The zero-order valence-corrected chi connectivity index (χ0v) is 12.4. The highest BCUT2D eigenvalue weighted by molar-refractivity contribution is 5.96. The topological polar surface area (TPSA) is 81.4 Å². The van der Waals surface area contributed by atoms with E-state index in [1.54, 1.807) is 6.92 Å². The first-order chi connectivity index (χ1) is 10.1. The van der Waals surface area contributed by atoms with E-state index < -0.39 is 0 Å². The summed E-state index contributed by atoms with van der Waals surface area (Å²) in [5, 5.41) is 2.88. The third-order valence-electron chi connectivity index (χ3n) is 3.68. The molecule has 0 aliphatic carbocycles. The van der Waals surface area contributed by atoms with Crippen LogP contribution in [0.25, 0.3) is 0 Å². The van der Waals surface area contributed by atoms with Crippen molar-refractivity contribution in [2.45, 2.75) is 38.6 Å². The Balaban J connectivity index is 2.06. The summed E-state index contributed by atoms with van der Waals surface area (Å²) in [6.45, 7) is 2.87. The SMILES string of the molecule is CCOC(=O)CCC(N)c1ccc2c(c1)C(=O)NCCC2. The summed E-state index contributed by atoms with van der Waals surface area (Å²) >= 11 is 0. The van der Waals surface area contributed by atoms with E-state index in [1.165, 1.54) is 0 Å². The molecular weight excluding hydrogens is 268 g/mol. The highest BCUT2D eigenvalue weighted by Gasteiger charge is 2.17. The van der Waals surface area contributed by atoms with Gasteiger partial charge in [0, 0.05) is 24.6 Å². The molecule has 1 aromatic carbocycles. The number of benzene rings is 1. The zero-order chi connectivity index (χ0) is 15.2. The first-order valence-electron chi connectivity index (χ1n) is 7.44. The molecular formula is C16H22N2O3. The van der Waals surface area contributed by atoms with Gasteiger partial charge in [-0.25, -0.2) is 0 Å². The monoisotopic (exact) mass is 290 g/mol. The van der Waals surface area contributed by atoms with E-state index in [4.69, 9.17) is 10.5 Å². The van der Waals surface area contributed by atoms with Crippen LogP contribution in [-0.4, -0.2) is 25.0 Å². The Morgan fingerprint density at radius 1 is 1.48 bits per heavy atom. The van der Waals surface area contributed by atoms with Gasteiger partial charge in [0.2, 0.25) is 0 Å². The molecule has 1 aliphatic heterocycles. The van der Waals surface area contributed by atoms with Gasteiger partial charge in [-0.05, 0) is 43.4 Å². The van der Waals surface area contributed by atoms with Crippen LogP contribution in [0.1, 0.15) is 53.7 Å². The van der Waals surface area contributed by atoms with Crippen LogP contribution in [0, 0.1) is 0 Å². The quantitative estimate of drug-likeness (QED) is 0.809. The van der Waals surface area contributed by atoms with Crippen LogP contribution in [0.4, 0.5) is 0 Å². The van der Waals surface area contributed by atoms with Crippen molar-refractivity contribution < 1.29 is 14.3 Å². The Kier molecular flexibility index (Phi) is 5.33. The van der Waals surface area contributed by atoms with Crippen molar-refractivity contribution in [2.75, 3.05) is 13.2 Å². The number of rotatable bonds is 5. The third-order valence-corrected chi connectivity index (χ3v) is 3.68. The van der Waals surface area contributed by atoms with Crippen LogP contribution < -0.4 is 11.1 Å². The Hall–Kier alpha value is -1.88. The maximum atomic E-state index is 12.0. The zero-order valence-electron chi connectivity index (χ0n) is 12.4. The fourth-order valence-corrected chi connectivity index (χ4v) is 2.50. The summed E-state index contributed by atoms with van der Waals surface area (Å²) in [4.78, 5) is 23.4. The van der Waals surface area contributed by atoms with Gasteiger partial charge in [0.05, 0.1) is 6.61 Å². The molecule has 2 rings (SSSR count). The number of nitrogens with one attached hydrogen (secondary N) is 1. The van der Waals surface area contributed by atoms with Gasteiger partial charge < -0.3 is 15.8 Å². The van der Waals surface area contributed by atoms with Crippen molar-refractivity contribution in [3.05, 3.63) is 34.9 Å². The molecule has 1 unspecified atom stereocenters. The number of amides is 1. The standard InChI is InChI=1S/C16H22N2O3/c1-2-21-15(19)8-7-14(17)12-6-5-11-4-3-9-18-16(20)13(11)10-12/h5-6,10,14H,2-4,7-9,17H2,1H3,(H,18,20). The van der Waals surface area contributed by atoms with Crippen LogP contribution in [0.15, 0.2) is 18.2 Å². The molecule has 0 spiro atoms. The van der Waals surface area contributed by atoms with Crippen molar-refractivity contribution in [3.63, 3.8) is 0 Å². The number of carbonyl (C=O) groups excluding carboxylic acids is 2. The lowest BCUT2D eigenvalue weighted by molar-refractivity contribution is -0.143. The molecule has 3 N–H and O–H groups in total. The molecule has 0 radical (unpaired) electrons. The maximum absolute atomic E-state index is 12.0. The number of carbonyl (C=O) groups is 2. The molecule has 1 atom stereocenters. The summed E-state index contributed by atoms with van der Waals surface area (Å²) in [6, 6.07) is 5.51. The minimum Gasteiger partial charge on any atom is -0.466 e. The summed E-state index contributed by atoms with van der Waals surface area (Å²) in [6.07, 6.45) is 2.65. The average molecular weight is 290 g/mol. The molecule has 5 heteroatoms. The molecule has 1 aromatic rings. The molecule has 5 nitrogen and oxygen atoms in total. The van der Waals surface area contributed by atoms with E-state index in [0.717, 1.165) is 24.0 Å². The van der Waals surface area contributed by atoms with E-state index in [1.807, 2.05) is 18.2 Å². The van der Waals surface area contributed by atoms with E-state index in [0.29, 0.717) is 25.1 Å². The Morgan fingerprint density at radius 2 is 2.29 bits per heavy atom. The van der Waals surface area contributed by atoms with Crippen molar-refractivity contribution in [3.8, 4) is 0 Å². The van der Waals surface area contributed by atoms with Gasteiger partial charge in [-0.15, -0.1) is 0 Å². The summed E-state index contributed by atoms with van der Waals surface area (Å²) < 4.78 is 4.89. The highest BCUT2D eigenvalue weighted by atomic mass is 16.5. The predicted octanol–water partition coefficient (Wildman–Crippen LogP) is 1.71. The summed E-state index contributed by atoms with van der Waals surface area (Å²) in [5.41, 5.74) is 8.77. The molecule has 114 valence electrons. The van der Waals surface area contributed by atoms with Crippen LogP contribution in [0.2, 0.25) is 0 Å². The second-order valence-electron chi connectivity index (χ2n) is 5.23. The smallest absolute Gasteiger partial charge is 0.305 e. The van der Waals surface area contributed by atoms with Crippen molar-refractivity contribution in [1.29, 1.82) is 0 Å². The number of fused-ring (bicyclic) bond motifs is 1. The number of aryl methyl sites for hydroxylation is 1. The predicted molar refractivity (Wildman–Crippen MR) is 79.9 cm³/mol. The Morgan fingerprint density at radius 3 is 3.05 bits per heavy atom. The summed E-state index contributed by atoms with van der Waals surface area (Å²) in [7, 11) is 0. The second-order valence-corrected chi connectivity index (χ2v) is 5.23. The Labute approximate surface area is 124 Å². The normalized spacial score (nSPS) is 15.6. The minimum atomic E-state index is -0.268. The van der Waals surface area contributed by atoms with Crippen molar-refractivity contribution >= 4 is 11.9 Å². The molecule has 1 heterocycles. The highest BCUT2D eigenvalue weighted by Crippen LogP contribution is 2.22. The first-order valence-corrected chi connectivity index (χ1v) is 7.44. The molecule has 0 saturated carbocycles. The van der Waals surface area contributed by atoms with E-state index in [2.05, 4.69) is 5.32 Å². The Bertz CT molecular complexity index is 528. The second kappa shape index (κ2) is 7.22. The molecule has 1 amide bonds. The fourth-order valence-electron chi connectivity index (χ4n) is 2.50. The van der Waals surface area contributed by atoms with Gasteiger partial charge in [-0.1, -0.05) is 12.1 Å². The van der Waals surface area contributed by atoms with Crippen molar-refractivity contribution in [1.82, 2.24) is 5.32 Å². The van der Waals surface area contributed by atoms with Crippen LogP contribution in [0.3, 0.4) is 0 Å². The number of esters is 1. The first kappa shape index (κ1) is 15.5. The minimum absolute atomic E-state index is 0.0399. The van der Waals surface area contributed by atoms with Gasteiger partial charge in [0.25, 0.3) is 5.91 Å². The van der Waals surface area contributed by atoms with E-state index in [9.17, 15) is 9.59 Å². The fraction of sp³-hybridized carbons (Fsp3) is 0.500. The number of hydrogen-bond donors (Lipinski definition) is 2. The van der Waals surface area contributed by atoms with Gasteiger partial charge in [-0.2, -0.15) is 0 Å². The number of hydrogen-bond acceptors (Lipinski definition) is 4. The van der Waals surface area contributed by atoms with Crippen LogP contribution in [-0.2, 0) is 16.0 Å². The third kappa shape index (κ3) is 4.04. The van der Waals surface area contributed by atoms with Gasteiger partial charge in [0.15, 0.2) is 0 Å². The van der Waals surface area contributed by atoms with Gasteiger partial charge >= 0.3 is 5.97 Å². The largest absolute Gasteiger partial charge is 0.466 e.